The fraction of sp³-hybridized carbons (Fsp3) is 0.127. The molecular formula is C55H47N4PtSi-. The Morgan fingerprint density at radius 3 is 1.87 bits per heavy atom. The number of benzene rings is 7. The van der Waals surface area contributed by atoms with Gasteiger partial charge >= 0.3 is 0 Å². The van der Waals surface area contributed by atoms with Gasteiger partial charge in [0.25, 0.3) is 0 Å². The first kappa shape index (κ1) is 36.7. The summed E-state index contributed by atoms with van der Waals surface area (Å²) in [5, 5.41) is 6.70. The van der Waals surface area contributed by atoms with E-state index in [2.05, 4.69) is 184 Å². The Hall–Kier alpha value is -6.13. The SMILES string of the molecule is [2H]C([2H])([2H])n1[cH+]n(-c2[c-]c([Si](c3[c-]c4c(cc3)c3ccccc3n4-c3cc(-c4c(C(C)C)cccc4C(C)C)ccn3)(c3ccccc3)c3ccccc3)ccc2)c2ccccc21.[Pt]. The minimum atomic E-state index is -3.23. The summed E-state index contributed by atoms with van der Waals surface area (Å²) >= 11 is 0. The van der Waals surface area contributed by atoms with E-state index in [1.807, 2.05) is 41.1 Å². The van der Waals surface area contributed by atoms with Crippen LogP contribution in [0.5, 0.6) is 0 Å². The van der Waals surface area contributed by atoms with Gasteiger partial charge in [0.15, 0.2) is 17.4 Å². The van der Waals surface area contributed by atoms with Gasteiger partial charge in [0.05, 0.1) is 0 Å². The molecule has 0 radical (unpaired) electrons. The molecule has 0 saturated carbocycles. The first-order valence-electron chi connectivity index (χ1n) is 22.3. The second-order valence-corrected chi connectivity index (χ2v) is 20.0. The molecule has 302 valence electrons. The first-order chi connectivity index (χ1) is 30.6. The predicted octanol–water partition coefficient (Wildman–Crippen LogP) is 10.6. The van der Waals surface area contributed by atoms with E-state index >= 15 is 0 Å². The number of aromatic nitrogens is 4. The monoisotopic (exact) mass is 989 g/mol. The molecule has 3 aromatic heterocycles. The molecule has 7 aromatic carbocycles. The number of imidazole rings is 1. The summed E-state index contributed by atoms with van der Waals surface area (Å²) in [4.78, 5) is 5.12. The van der Waals surface area contributed by atoms with Crippen molar-refractivity contribution in [1.29, 1.82) is 0 Å². The first-order valence-corrected chi connectivity index (χ1v) is 22.8. The summed E-state index contributed by atoms with van der Waals surface area (Å²) in [6.07, 6.45) is 3.63. The third-order valence-electron chi connectivity index (χ3n) is 12.1. The topological polar surface area (TPSA) is 27.7 Å². The van der Waals surface area contributed by atoms with Crippen LogP contribution < -0.4 is 20.7 Å². The Labute approximate surface area is 378 Å². The van der Waals surface area contributed by atoms with E-state index in [1.165, 1.54) is 31.6 Å². The minimum Gasteiger partial charge on any atom is -0.319 e. The molecule has 10 rings (SSSR count). The number of aryl methyl sites for hydroxylation is 1. The van der Waals surface area contributed by atoms with Crippen LogP contribution in [-0.4, -0.2) is 26.8 Å². The van der Waals surface area contributed by atoms with Crippen molar-refractivity contribution < 1.29 is 25.2 Å². The van der Waals surface area contributed by atoms with E-state index < -0.39 is 15.0 Å². The van der Waals surface area contributed by atoms with Gasteiger partial charge < -0.3 is 4.57 Å². The van der Waals surface area contributed by atoms with E-state index in [1.54, 1.807) is 6.33 Å². The normalized spacial score (nSPS) is 12.8. The Morgan fingerprint density at radius 2 is 1.20 bits per heavy atom. The van der Waals surface area contributed by atoms with Crippen molar-refractivity contribution in [3.8, 4) is 22.6 Å². The molecule has 0 fully saturated rings. The van der Waals surface area contributed by atoms with Gasteiger partial charge in [-0.3, -0.25) is 0 Å². The van der Waals surface area contributed by atoms with Crippen LogP contribution in [0.25, 0.3) is 55.5 Å². The van der Waals surface area contributed by atoms with Gasteiger partial charge in [0, 0.05) is 61.7 Å². The molecule has 10 aromatic rings. The minimum absolute atomic E-state index is 0. The molecule has 3 heterocycles. The van der Waals surface area contributed by atoms with Crippen LogP contribution >= 0.6 is 0 Å². The van der Waals surface area contributed by atoms with Crippen molar-refractivity contribution in [2.75, 3.05) is 0 Å². The van der Waals surface area contributed by atoms with Crippen molar-refractivity contribution in [2.45, 2.75) is 39.5 Å². The quantitative estimate of drug-likeness (QED) is 0.0805. The maximum atomic E-state index is 8.37. The summed E-state index contributed by atoms with van der Waals surface area (Å²) < 4.78 is 30.7. The summed E-state index contributed by atoms with van der Waals surface area (Å²) in [7, 11) is -3.23. The number of hydrogen-bond acceptors (Lipinski definition) is 1. The maximum Gasteiger partial charge on any atom is 0.188 e. The zero-order valence-electron chi connectivity index (χ0n) is 37.6. The average Bonchev–Trinajstić information content (AvgIpc) is 3.87. The number of fused-ring (bicyclic) bond motifs is 4. The largest absolute Gasteiger partial charge is 0.319 e. The van der Waals surface area contributed by atoms with Gasteiger partial charge in [-0.2, -0.15) is 35.5 Å². The van der Waals surface area contributed by atoms with Crippen LogP contribution in [0.2, 0.25) is 0 Å². The van der Waals surface area contributed by atoms with Crippen LogP contribution in [-0.2, 0) is 28.0 Å². The summed E-state index contributed by atoms with van der Waals surface area (Å²) in [6.45, 7) is 6.72. The van der Waals surface area contributed by atoms with Crippen LogP contribution in [0.1, 0.15) is 54.8 Å². The van der Waals surface area contributed by atoms with E-state index in [4.69, 9.17) is 9.10 Å². The van der Waals surface area contributed by atoms with Gasteiger partial charge in [0.2, 0.25) is 0 Å². The van der Waals surface area contributed by atoms with Gasteiger partial charge in [-0.15, -0.1) is 22.7 Å². The van der Waals surface area contributed by atoms with Crippen LogP contribution in [0.3, 0.4) is 0 Å². The molecule has 0 amide bonds. The molecule has 0 aliphatic heterocycles. The second kappa shape index (κ2) is 16.4. The standard InChI is InChI=1S/C55H47N4Si.Pt/c1-38(2)46-25-17-26-47(39(3)4)55(46)40-32-33-56-54(34-40)59-50-27-13-12-24-48(50)49-31-30-45(36-53(49)59)60(42-19-8-6-9-20-42,43-21-10-7-11-22-43)44-23-16-18-41(35-44)58-37-57(5)51-28-14-15-29-52(51)58;/h6-34,37-39H,1-5H3;/q-1;/i5D3;. The number of rotatable bonds is 9. The predicted molar refractivity (Wildman–Crippen MR) is 254 cm³/mol. The average molecular weight is 990 g/mol. The third kappa shape index (κ3) is 6.72. The van der Waals surface area contributed by atoms with Gasteiger partial charge in [0.1, 0.15) is 13.9 Å². The Morgan fingerprint density at radius 1 is 0.590 bits per heavy atom. The van der Waals surface area contributed by atoms with Gasteiger partial charge in [-0.25, -0.2) is 14.1 Å². The van der Waals surface area contributed by atoms with Crippen LogP contribution in [0.4, 0.5) is 0 Å². The van der Waals surface area contributed by atoms with Crippen molar-refractivity contribution in [3.63, 3.8) is 0 Å². The molecule has 0 bridgehead atoms. The number of nitrogens with zero attached hydrogens (tertiary/aromatic N) is 4. The zero-order valence-corrected chi connectivity index (χ0v) is 37.9. The molecule has 0 aliphatic carbocycles. The third-order valence-corrected chi connectivity index (χ3v) is 16.7. The Balaban J connectivity index is 0.00000518. The van der Waals surface area contributed by atoms with Crippen molar-refractivity contribution in [3.05, 3.63) is 206 Å². The summed E-state index contributed by atoms with van der Waals surface area (Å²) in [5.74, 6) is 1.53. The fourth-order valence-corrected chi connectivity index (χ4v) is 13.9. The molecule has 0 N–H and O–H groups in total. The molecule has 61 heavy (non-hydrogen) atoms. The van der Waals surface area contributed by atoms with Crippen LogP contribution in [0.15, 0.2) is 182 Å². The Bertz CT molecular complexity index is 3240. The number of hydrogen-bond donors (Lipinski definition) is 0. The maximum absolute atomic E-state index is 8.37. The van der Waals surface area contributed by atoms with Gasteiger partial charge in [-0.1, -0.05) is 130 Å². The Kier molecular flexibility index (Phi) is 9.85. The molecule has 6 heteroatoms. The van der Waals surface area contributed by atoms with E-state index in [9.17, 15) is 0 Å². The van der Waals surface area contributed by atoms with Crippen molar-refractivity contribution in [1.82, 2.24) is 18.7 Å². The number of para-hydroxylation sites is 3. The fourth-order valence-electron chi connectivity index (χ4n) is 9.36. The summed E-state index contributed by atoms with van der Waals surface area (Å²) in [5.41, 5.74) is 9.28. The van der Waals surface area contributed by atoms with Crippen LogP contribution in [0, 0.1) is 12.1 Å². The number of pyridine rings is 1. The molecule has 0 aliphatic rings. The molecular weight excluding hydrogens is 940 g/mol. The zero-order chi connectivity index (χ0) is 43.5. The smallest absolute Gasteiger partial charge is 0.188 e. The molecule has 0 atom stereocenters. The van der Waals surface area contributed by atoms with E-state index in [0.29, 0.717) is 17.4 Å². The molecule has 0 saturated heterocycles. The molecule has 4 nitrogen and oxygen atoms in total. The second-order valence-electron chi connectivity index (χ2n) is 16.3. The van der Waals surface area contributed by atoms with Crippen molar-refractivity contribution in [2.24, 2.45) is 6.98 Å². The summed E-state index contributed by atoms with van der Waals surface area (Å²) in [6, 6.07) is 67.8. The van der Waals surface area contributed by atoms with Crippen molar-refractivity contribution >= 4 is 61.7 Å². The van der Waals surface area contributed by atoms with E-state index in [-0.39, 0.29) is 21.1 Å². The molecule has 0 spiro atoms. The van der Waals surface area contributed by atoms with E-state index in [0.717, 1.165) is 54.8 Å². The molecule has 0 unspecified atom stereocenters. The van der Waals surface area contributed by atoms with Gasteiger partial charge in [-0.05, 0) is 80.2 Å².